The Labute approximate surface area is 171 Å². The fourth-order valence-corrected chi connectivity index (χ4v) is 4.73. The molecule has 5 nitrogen and oxygen atoms in total. The molecule has 1 aliphatic heterocycles. The molecule has 0 aliphatic carbocycles. The number of sulfonamides is 1. The van der Waals surface area contributed by atoms with Crippen molar-refractivity contribution < 1.29 is 26.4 Å². The van der Waals surface area contributed by atoms with Crippen LogP contribution < -0.4 is 5.32 Å². The number of benzene rings is 2. The van der Waals surface area contributed by atoms with Crippen LogP contribution in [-0.2, 0) is 21.0 Å². The molecule has 1 saturated heterocycles. The van der Waals surface area contributed by atoms with Crippen LogP contribution >= 0.6 is 11.6 Å². The normalized spacial score (nSPS) is 16.6. The van der Waals surface area contributed by atoms with Crippen molar-refractivity contribution in [2.75, 3.05) is 18.4 Å². The van der Waals surface area contributed by atoms with Crippen molar-refractivity contribution >= 4 is 33.2 Å². The second-order valence-electron chi connectivity index (χ2n) is 6.70. The van der Waals surface area contributed by atoms with Gasteiger partial charge in [0.1, 0.15) is 0 Å². The van der Waals surface area contributed by atoms with Gasteiger partial charge in [0.2, 0.25) is 15.9 Å². The first-order valence-corrected chi connectivity index (χ1v) is 10.6. The van der Waals surface area contributed by atoms with Crippen LogP contribution in [0.2, 0.25) is 5.02 Å². The van der Waals surface area contributed by atoms with Crippen LogP contribution in [0, 0.1) is 5.92 Å². The van der Waals surface area contributed by atoms with Crippen molar-refractivity contribution in [3.63, 3.8) is 0 Å². The van der Waals surface area contributed by atoms with Crippen LogP contribution in [-0.4, -0.2) is 31.7 Å². The Hall–Kier alpha value is -2.10. The van der Waals surface area contributed by atoms with Gasteiger partial charge < -0.3 is 5.32 Å². The summed E-state index contributed by atoms with van der Waals surface area (Å²) in [7, 11) is -3.69. The summed E-state index contributed by atoms with van der Waals surface area (Å²) < 4.78 is 65.0. The Bertz CT molecular complexity index is 987. The third kappa shape index (κ3) is 5.09. The second kappa shape index (κ2) is 8.33. The molecule has 0 radical (unpaired) electrons. The van der Waals surface area contributed by atoms with E-state index >= 15 is 0 Å². The van der Waals surface area contributed by atoms with E-state index in [1.165, 1.54) is 40.7 Å². The Morgan fingerprint density at radius 1 is 1.07 bits per heavy atom. The molecule has 1 fully saturated rings. The SMILES string of the molecule is O=C(Nc1cccc(C(F)(F)F)c1)C1CCN(S(=O)(=O)c2ccc(Cl)cc2)CC1. The molecule has 0 aromatic heterocycles. The van der Waals surface area contributed by atoms with Gasteiger partial charge in [0, 0.05) is 29.7 Å². The highest BCUT2D eigenvalue weighted by Gasteiger charge is 2.33. The Morgan fingerprint density at radius 2 is 1.69 bits per heavy atom. The zero-order valence-electron chi connectivity index (χ0n) is 15.1. The van der Waals surface area contributed by atoms with E-state index in [0.29, 0.717) is 5.02 Å². The molecular formula is C19H18ClF3N2O3S. The maximum atomic E-state index is 12.8. The molecule has 0 bridgehead atoms. The van der Waals surface area contributed by atoms with Crippen molar-refractivity contribution in [1.82, 2.24) is 4.31 Å². The zero-order valence-corrected chi connectivity index (χ0v) is 16.7. The van der Waals surface area contributed by atoms with Crippen molar-refractivity contribution in [2.45, 2.75) is 23.9 Å². The summed E-state index contributed by atoms with van der Waals surface area (Å²) in [5.74, 6) is -0.908. The highest BCUT2D eigenvalue weighted by atomic mass is 35.5. The van der Waals surface area contributed by atoms with Gasteiger partial charge >= 0.3 is 6.18 Å². The van der Waals surface area contributed by atoms with Crippen LogP contribution in [0.4, 0.5) is 18.9 Å². The van der Waals surface area contributed by atoms with Gasteiger partial charge in [-0.1, -0.05) is 17.7 Å². The van der Waals surface area contributed by atoms with Gasteiger partial charge in [-0.25, -0.2) is 8.42 Å². The van der Waals surface area contributed by atoms with Crippen LogP contribution in [0.15, 0.2) is 53.4 Å². The number of carbonyl (C=O) groups excluding carboxylic acids is 1. The van der Waals surface area contributed by atoms with E-state index in [-0.39, 0.29) is 36.5 Å². The van der Waals surface area contributed by atoms with Gasteiger partial charge in [0.05, 0.1) is 10.5 Å². The first kappa shape index (κ1) is 21.6. The van der Waals surface area contributed by atoms with E-state index in [1.807, 2.05) is 0 Å². The smallest absolute Gasteiger partial charge is 0.326 e. The molecule has 10 heteroatoms. The molecule has 2 aromatic carbocycles. The van der Waals surface area contributed by atoms with E-state index in [0.717, 1.165) is 12.1 Å². The molecule has 29 heavy (non-hydrogen) atoms. The minimum absolute atomic E-state index is 0.0565. The number of anilines is 1. The van der Waals surface area contributed by atoms with E-state index < -0.39 is 33.6 Å². The minimum Gasteiger partial charge on any atom is -0.326 e. The van der Waals surface area contributed by atoms with Crippen molar-refractivity contribution in [3.8, 4) is 0 Å². The number of carbonyl (C=O) groups is 1. The maximum absolute atomic E-state index is 12.8. The lowest BCUT2D eigenvalue weighted by Gasteiger charge is -2.30. The zero-order chi connectivity index (χ0) is 21.2. The molecule has 2 aromatic rings. The summed E-state index contributed by atoms with van der Waals surface area (Å²) in [6.07, 6.45) is -3.95. The van der Waals surface area contributed by atoms with Crippen LogP contribution in [0.1, 0.15) is 18.4 Å². The third-order valence-corrected chi connectivity index (χ3v) is 6.90. The third-order valence-electron chi connectivity index (χ3n) is 4.73. The molecule has 1 aliphatic rings. The minimum atomic E-state index is -4.50. The number of piperidine rings is 1. The van der Waals surface area contributed by atoms with Gasteiger partial charge in [0.25, 0.3) is 0 Å². The van der Waals surface area contributed by atoms with E-state index in [1.54, 1.807) is 0 Å². The van der Waals surface area contributed by atoms with Gasteiger partial charge in [-0.3, -0.25) is 4.79 Å². The van der Waals surface area contributed by atoms with Crippen LogP contribution in [0.25, 0.3) is 0 Å². The first-order valence-electron chi connectivity index (χ1n) is 8.81. The number of halogens is 4. The number of hydrogen-bond donors (Lipinski definition) is 1. The molecule has 3 rings (SSSR count). The molecule has 0 saturated carbocycles. The van der Waals surface area contributed by atoms with Gasteiger partial charge in [0.15, 0.2) is 0 Å². The Balaban J connectivity index is 1.62. The predicted molar refractivity (Wildman–Crippen MR) is 103 cm³/mol. The van der Waals surface area contributed by atoms with E-state index in [4.69, 9.17) is 11.6 Å². The lowest BCUT2D eigenvalue weighted by Crippen LogP contribution is -2.41. The van der Waals surface area contributed by atoms with Crippen molar-refractivity contribution in [2.24, 2.45) is 5.92 Å². The van der Waals surface area contributed by atoms with Crippen LogP contribution in [0.5, 0.6) is 0 Å². The monoisotopic (exact) mass is 446 g/mol. The average molecular weight is 447 g/mol. The lowest BCUT2D eigenvalue weighted by molar-refractivity contribution is -0.137. The largest absolute Gasteiger partial charge is 0.416 e. The molecule has 0 spiro atoms. The first-order chi connectivity index (χ1) is 13.6. The van der Waals surface area contributed by atoms with E-state index in [9.17, 15) is 26.4 Å². The molecule has 1 N–H and O–H groups in total. The highest BCUT2D eigenvalue weighted by Crippen LogP contribution is 2.31. The van der Waals surface area contributed by atoms with Crippen molar-refractivity contribution in [3.05, 3.63) is 59.1 Å². The average Bonchev–Trinajstić information content (AvgIpc) is 2.68. The molecule has 0 unspecified atom stereocenters. The number of hydrogen-bond acceptors (Lipinski definition) is 3. The maximum Gasteiger partial charge on any atom is 0.416 e. The summed E-state index contributed by atoms with van der Waals surface area (Å²) >= 11 is 5.79. The van der Waals surface area contributed by atoms with E-state index in [2.05, 4.69) is 5.32 Å². The quantitative estimate of drug-likeness (QED) is 0.757. The topological polar surface area (TPSA) is 66.5 Å². The number of nitrogens with one attached hydrogen (secondary N) is 1. The summed E-state index contributed by atoms with van der Waals surface area (Å²) in [6.45, 7) is 0.289. The number of nitrogens with zero attached hydrogens (tertiary/aromatic N) is 1. The molecule has 1 amide bonds. The summed E-state index contributed by atoms with van der Waals surface area (Å²) in [5, 5.41) is 2.92. The number of alkyl halides is 3. The summed E-state index contributed by atoms with van der Waals surface area (Å²) in [6, 6.07) is 10.2. The second-order valence-corrected chi connectivity index (χ2v) is 9.07. The fraction of sp³-hybridized carbons (Fsp3) is 0.316. The van der Waals surface area contributed by atoms with Gasteiger partial charge in [-0.2, -0.15) is 17.5 Å². The Morgan fingerprint density at radius 3 is 2.28 bits per heavy atom. The number of amides is 1. The molecule has 1 heterocycles. The lowest BCUT2D eigenvalue weighted by atomic mass is 9.97. The number of rotatable bonds is 4. The van der Waals surface area contributed by atoms with Gasteiger partial charge in [-0.15, -0.1) is 0 Å². The van der Waals surface area contributed by atoms with Crippen LogP contribution in [0.3, 0.4) is 0 Å². The van der Waals surface area contributed by atoms with Gasteiger partial charge in [-0.05, 0) is 55.3 Å². The molecule has 156 valence electrons. The summed E-state index contributed by atoms with van der Waals surface area (Å²) in [5.41, 5.74) is -0.791. The Kier molecular flexibility index (Phi) is 6.21. The highest BCUT2D eigenvalue weighted by molar-refractivity contribution is 7.89. The van der Waals surface area contributed by atoms with Crippen molar-refractivity contribution in [1.29, 1.82) is 0 Å². The molecule has 0 atom stereocenters. The standard InChI is InChI=1S/C19H18ClF3N2O3S/c20-15-4-6-17(7-5-15)29(27,28)25-10-8-13(9-11-25)18(26)24-16-3-1-2-14(12-16)19(21,22)23/h1-7,12-13H,8-11H2,(H,24,26). The predicted octanol–water partition coefficient (Wildman–Crippen LogP) is 4.40. The summed E-state index contributed by atoms with van der Waals surface area (Å²) in [4.78, 5) is 12.5. The fourth-order valence-electron chi connectivity index (χ4n) is 3.13. The molecular weight excluding hydrogens is 429 g/mol.